The van der Waals surface area contributed by atoms with E-state index in [4.69, 9.17) is 16.6 Å². The summed E-state index contributed by atoms with van der Waals surface area (Å²) in [7, 11) is 0. The van der Waals surface area contributed by atoms with Gasteiger partial charge in [0.15, 0.2) is 5.65 Å². The fourth-order valence-corrected chi connectivity index (χ4v) is 3.56. The quantitative estimate of drug-likeness (QED) is 0.765. The second-order valence-corrected chi connectivity index (χ2v) is 7.59. The molecule has 1 N–H and O–H groups in total. The summed E-state index contributed by atoms with van der Waals surface area (Å²) in [6.45, 7) is 9.10. The molecule has 1 aliphatic heterocycles. The molecule has 0 aromatic carbocycles. The lowest BCUT2D eigenvalue weighted by Gasteiger charge is -2.39. The van der Waals surface area contributed by atoms with E-state index >= 15 is 0 Å². The van der Waals surface area contributed by atoms with Crippen molar-refractivity contribution in [1.29, 1.82) is 0 Å². The van der Waals surface area contributed by atoms with Crippen LogP contribution in [-0.2, 0) is 0 Å². The number of fused-ring (bicyclic) bond motifs is 1. The van der Waals surface area contributed by atoms with E-state index in [0.29, 0.717) is 5.02 Å². The molecular formula is C18H21ClN6. The molecule has 6 nitrogen and oxygen atoms in total. The number of imidazole rings is 1. The highest BCUT2D eigenvalue weighted by Gasteiger charge is 2.26. The molecule has 0 aliphatic carbocycles. The smallest absolute Gasteiger partial charge is 0.155 e. The van der Waals surface area contributed by atoms with Gasteiger partial charge in [0.1, 0.15) is 5.82 Å². The molecule has 7 heteroatoms. The third-order valence-electron chi connectivity index (χ3n) is 4.44. The molecule has 0 amide bonds. The van der Waals surface area contributed by atoms with Crippen molar-refractivity contribution in [3.8, 4) is 11.3 Å². The molecule has 0 spiro atoms. The lowest BCUT2D eigenvalue weighted by Crippen LogP contribution is -2.57. The maximum atomic E-state index is 6.40. The Morgan fingerprint density at radius 3 is 2.84 bits per heavy atom. The van der Waals surface area contributed by atoms with E-state index in [1.54, 1.807) is 6.20 Å². The zero-order valence-corrected chi connectivity index (χ0v) is 15.4. The van der Waals surface area contributed by atoms with Crippen LogP contribution in [0.25, 0.3) is 16.9 Å². The van der Waals surface area contributed by atoms with E-state index in [0.717, 1.165) is 48.1 Å². The summed E-state index contributed by atoms with van der Waals surface area (Å²) in [5, 5.41) is 4.13. The first-order valence-electron chi connectivity index (χ1n) is 8.39. The largest absolute Gasteiger partial charge is 0.352 e. The summed E-state index contributed by atoms with van der Waals surface area (Å²) in [6, 6.07) is 1.90. The number of nitrogens with zero attached hydrogens (tertiary/aromatic N) is 5. The molecule has 1 saturated heterocycles. The van der Waals surface area contributed by atoms with Crippen molar-refractivity contribution in [2.45, 2.75) is 26.3 Å². The lowest BCUT2D eigenvalue weighted by molar-refractivity contribution is 0.351. The average Bonchev–Trinajstić information content (AvgIpc) is 2.95. The summed E-state index contributed by atoms with van der Waals surface area (Å²) in [6.07, 6.45) is 7.56. The lowest BCUT2D eigenvalue weighted by atomic mass is 10.0. The number of aryl methyl sites for hydroxylation is 1. The summed E-state index contributed by atoms with van der Waals surface area (Å²) in [4.78, 5) is 15.9. The van der Waals surface area contributed by atoms with Crippen molar-refractivity contribution >= 4 is 23.1 Å². The van der Waals surface area contributed by atoms with Crippen LogP contribution >= 0.6 is 11.6 Å². The van der Waals surface area contributed by atoms with Crippen molar-refractivity contribution in [2.24, 2.45) is 0 Å². The second kappa shape index (κ2) is 5.97. The van der Waals surface area contributed by atoms with Crippen molar-refractivity contribution < 1.29 is 0 Å². The molecular weight excluding hydrogens is 336 g/mol. The Hall–Kier alpha value is -2.18. The average molecular weight is 357 g/mol. The highest BCUT2D eigenvalue weighted by molar-refractivity contribution is 6.33. The summed E-state index contributed by atoms with van der Waals surface area (Å²) >= 11 is 6.40. The molecule has 25 heavy (non-hydrogen) atoms. The number of halogens is 1. The van der Waals surface area contributed by atoms with Crippen LogP contribution in [0, 0.1) is 6.92 Å². The van der Waals surface area contributed by atoms with Gasteiger partial charge >= 0.3 is 0 Å². The number of piperazine rings is 1. The molecule has 0 atom stereocenters. The number of rotatable bonds is 2. The number of hydrogen-bond acceptors (Lipinski definition) is 5. The fraction of sp³-hybridized carbons (Fsp3) is 0.389. The molecule has 1 fully saturated rings. The molecule has 3 aromatic rings. The van der Waals surface area contributed by atoms with Crippen LogP contribution in [0.1, 0.15) is 19.5 Å². The highest BCUT2D eigenvalue weighted by Crippen LogP contribution is 2.26. The molecule has 4 heterocycles. The second-order valence-electron chi connectivity index (χ2n) is 7.18. The monoisotopic (exact) mass is 356 g/mol. The van der Waals surface area contributed by atoms with Gasteiger partial charge in [0.25, 0.3) is 0 Å². The molecule has 1 aliphatic rings. The SMILES string of the molecule is Cc1cn2cc(-c3cncc(N4CCNC(C)(C)C4)n3)cc(Cl)c2n1. The first-order valence-corrected chi connectivity index (χ1v) is 8.76. The van der Waals surface area contributed by atoms with E-state index in [1.807, 2.05) is 36.0 Å². The Bertz CT molecular complexity index is 932. The molecule has 0 radical (unpaired) electrons. The Morgan fingerprint density at radius 1 is 1.20 bits per heavy atom. The number of hydrogen-bond donors (Lipinski definition) is 1. The Kier molecular flexibility index (Phi) is 3.89. The minimum Gasteiger partial charge on any atom is -0.352 e. The first kappa shape index (κ1) is 16.3. The van der Waals surface area contributed by atoms with Crippen LogP contribution in [0.5, 0.6) is 0 Å². The third kappa shape index (κ3) is 3.19. The number of aromatic nitrogens is 4. The zero-order chi connectivity index (χ0) is 17.6. The number of nitrogens with one attached hydrogen (secondary N) is 1. The van der Waals surface area contributed by atoms with Crippen LogP contribution in [0.3, 0.4) is 0 Å². The normalized spacial score (nSPS) is 17.2. The standard InChI is InChI=1S/C18H21ClN6/c1-12-9-25-10-13(6-14(19)17(25)22-12)15-7-20-8-16(23-15)24-5-4-21-18(2,3)11-24/h6-10,21H,4-5,11H2,1-3H3. The van der Waals surface area contributed by atoms with E-state index in [1.165, 1.54) is 0 Å². The van der Waals surface area contributed by atoms with Crippen LogP contribution in [0.15, 0.2) is 30.9 Å². The Morgan fingerprint density at radius 2 is 2.04 bits per heavy atom. The molecule has 4 rings (SSSR count). The summed E-state index contributed by atoms with van der Waals surface area (Å²) < 4.78 is 1.94. The van der Waals surface area contributed by atoms with Gasteiger partial charge in [-0.2, -0.15) is 0 Å². The highest BCUT2D eigenvalue weighted by atomic mass is 35.5. The van der Waals surface area contributed by atoms with Crippen molar-refractivity contribution in [1.82, 2.24) is 24.7 Å². The van der Waals surface area contributed by atoms with Gasteiger partial charge in [-0.1, -0.05) is 11.6 Å². The number of anilines is 1. The molecule has 0 unspecified atom stereocenters. The maximum Gasteiger partial charge on any atom is 0.155 e. The van der Waals surface area contributed by atoms with Gasteiger partial charge in [-0.05, 0) is 26.8 Å². The minimum absolute atomic E-state index is 0.0620. The third-order valence-corrected chi connectivity index (χ3v) is 4.72. The fourth-order valence-electron chi connectivity index (χ4n) is 3.30. The van der Waals surface area contributed by atoms with Gasteiger partial charge in [-0.15, -0.1) is 0 Å². The maximum absolute atomic E-state index is 6.40. The number of pyridine rings is 1. The molecule has 130 valence electrons. The van der Waals surface area contributed by atoms with Gasteiger partial charge in [0.05, 0.1) is 28.8 Å². The minimum atomic E-state index is 0.0620. The molecule has 3 aromatic heterocycles. The van der Waals surface area contributed by atoms with E-state index in [2.05, 4.69) is 34.0 Å². The van der Waals surface area contributed by atoms with Crippen molar-refractivity contribution in [3.63, 3.8) is 0 Å². The van der Waals surface area contributed by atoms with Gasteiger partial charge in [-0.25, -0.2) is 9.97 Å². The van der Waals surface area contributed by atoms with Crippen molar-refractivity contribution in [3.05, 3.63) is 41.6 Å². The first-order chi connectivity index (χ1) is 11.9. The zero-order valence-electron chi connectivity index (χ0n) is 14.6. The van der Waals surface area contributed by atoms with E-state index in [-0.39, 0.29) is 5.54 Å². The van der Waals surface area contributed by atoms with Crippen LogP contribution in [-0.4, -0.2) is 44.5 Å². The van der Waals surface area contributed by atoms with Gasteiger partial charge in [-0.3, -0.25) is 4.98 Å². The van der Waals surface area contributed by atoms with Crippen LogP contribution in [0.4, 0.5) is 5.82 Å². The van der Waals surface area contributed by atoms with Gasteiger partial charge < -0.3 is 14.6 Å². The summed E-state index contributed by atoms with van der Waals surface area (Å²) in [5.41, 5.74) is 3.49. The Labute approximate surface area is 151 Å². The predicted molar refractivity (Wildman–Crippen MR) is 100 cm³/mol. The molecule has 0 saturated carbocycles. The summed E-state index contributed by atoms with van der Waals surface area (Å²) in [5.74, 6) is 0.894. The predicted octanol–water partition coefficient (Wildman–Crippen LogP) is 2.94. The van der Waals surface area contributed by atoms with E-state index in [9.17, 15) is 0 Å². The van der Waals surface area contributed by atoms with Gasteiger partial charge in [0.2, 0.25) is 0 Å². The van der Waals surface area contributed by atoms with E-state index < -0.39 is 0 Å². The van der Waals surface area contributed by atoms with Crippen LogP contribution < -0.4 is 10.2 Å². The topological polar surface area (TPSA) is 58.4 Å². The Balaban J connectivity index is 1.72. The van der Waals surface area contributed by atoms with Gasteiger partial charge in [0, 0.05) is 43.1 Å². The van der Waals surface area contributed by atoms with Crippen LogP contribution in [0.2, 0.25) is 5.02 Å². The van der Waals surface area contributed by atoms with Crippen molar-refractivity contribution in [2.75, 3.05) is 24.5 Å². The molecule has 0 bridgehead atoms.